The number of aryl methyl sites for hydroxylation is 1. The zero-order valence-electron chi connectivity index (χ0n) is 17.3. The fraction of sp³-hybridized carbons (Fsp3) is 0.550. The van der Waals surface area contributed by atoms with Crippen LogP contribution in [0, 0.1) is 0 Å². The van der Waals surface area contributed by atoms with Crippen molar-refractivity contribution in [1.82, 2.24) is 35.0 Å². The van der Waals surface area contributed by atoms with Crippen LogP contribution in [0.5, 0.6) is 0 Å². The van der Waals surface area contributed by atoms with Gasteiger partial charge >= 0.3 is 0 Å². The molecule has 0 bridgehead atoms. The Morgan fingerprint density at radius 2 is 2.03 bits per heavy atom. The molecule has 30 heavy (non-hydrogen) atoms. The summed E-state index contributed by atoms with van der Waals surface area (Å²) in [6, 6.07) is 0. The number of morpholine rings is 1. The minimum Gasteiger partial charge on any atom is -0.378 e. The molecule has 0 atom stereocenters. The SMILES string of the molecule is CNC(=O)CCCCCCn1cnc2c(N3CCOCC3)nc(-c3cn[nH]c3)nc21. The third kappa shape index (κ3) is 4.59. The summed E-state index contributed by atoms with van der Waals surface area (Å²) in [4.78, 5) is 27.8. The van der Waals surface area contributed by atoms with Crippen molar-refractivity contribution in [3.05, 3.63) is 18.7 Å². The number of anilines is 1. The maximum atomic E-state index is 11.3. The lowest BCUT2D eigenvalue weighted by Crippen LogP contribution is -2.37. The topological polar surface area (TPSA) is 114 Å². The molecule has 0 radical (unpaired) electrons. The van der Waals surface area contributed by atoms with Crippen LogP contribution in [0.3, 0.4) is 0 Å². The van der Waals surface area contributed by atoms with E-state index in [9.17, 15) is 4.79 Å². The summed E-state index contributed by atoms with van der Waals surface area (Å²) < 4.78 is 7.60. The summed E-state index contributed by atoms with van der Waals surface area (Å²) in [5, 5.41) is 9.54. The van der Waals surface area contributed by atoms with Gasteiger partial charge in [0.15, 0.2) is 22.8 Å². The number of nitrogens with one attached hydrogen (secondary N) is 2. The van der Waals surface area contributed by atoms with Crippen LogP contribution in [0.15, 0.2) is 18.7 Å². The number of unbranched alkanes of at least 4 members (excludes halogenated alkanes) is 3. The first kappa shape index (κ1) is 20.3. The number of nitrogens with zero attached hydrogens (tertiary/aromatic N) is 6. The molecule has 0 aliphatic carbocycles. The fourth-order valence-corrected chi connectivity index (χ4v) is 3.64. The summed E-state index contributed by atoms with van der Waals surface area (Å²) in [6.07, 6.45) is 10.0. The zero-order chi connectivity index (χ0) is 20.8. The van der Waals surface area contributed by atoms with E-state index in [0.717, 1.165) is 67.9 Å². The Morgan fingerprint density at radius 1 is 1.20 bits per heavy atom. The molecule has 2 N–H and O–H groups in total. The number of ether oxygens (including phenoxy) is 1. The smallest absolute Gasteiger partial charge is 0.219 e. The van der Waals surface area contributed by atoms with Crippen molar-refractivity contribution in [3.8, 4) is 11.4 Å². The van der Waals surface area contributed by atoms with E-state index in [1.165, 1.54) is 0 Å². The molecule has 4 rings (SSSR count). The van der Waals surface area contributed by atoms with Gasteiger partial charge in [-0.3, -0.25) is 9.89 Å². The molecule has 1 saturated heterocycles. The van der Waals surface area contributed by atoms with Crippen LogP contribution in [0.4, 0.5) is 5.82 Å². The molecule has 0 aromatic carbocycles. The van der Waals surface area contributed by atoms with Gasteiger partial charge in [0, 0.05) is 39.3 Å². The first-order valence-corrected chi connectivity index (χ1v) is 10.5. The molecule has 3 aromatic rings. The Labute approximate surface area is 175 Å². The number of hydrogen-bond acceptors (Lipinski definition) is 7. The molecule has 1 aliphatic rings. The van der Waals surface area contributed by atoms with E-state index in [0.29, 0.717) is 25.5 Å². The fourth-order valence-electron chi connectivity index (χ4n) is 3.64. The molecular weight excluding hydrogens is 384 g/mol. The third-order valence-corrected chi connectivity index (χ3v) is 5.34. The number of H-pyrrole nitrogens is 1. The maximum absolute atomic E-state index is 11.3. The summed E-state index contributed by atoms with van der Waals surface area (Å²) in [7, 11) is 1.68. The third-order valence-electron chi connectivity index (χ3n) is 5.34. The van der Waals surface area contributed by atoms with Gasteiger partial charge in [-0.15, -0.1) is 0 Å². The molecule has 1 aliphatic heterocycles. The van der Waals surface area contributed by atoms with Crippen molar-refractivity contribution in [2.24, 2.45) is 0 Å². The molecule has 10 heteroatoms. The van der Waals surface area contributed by atoms with Gasteiger partial charge in [-0.2, -0.15) is 5.10 Å². The lowest BCUT2D eigenvalue weighted by Gasteiger charge is -2.28. The van der Waals surface area contributed by atoms with E-state index < -0.39 is 0 Å². The molecule has 1 amide bonds. The van der Waals surface area contributed by atoms with E-state index in [1.807, 2.05) is 6.33 Å². The summed E-state index contributed by atoms with van der Waals surface area (Å²) in [5.41, 5.74) is 2.52. The number of imidazole rings is 1. The first-order valence-electron chi connectivity index (χ1n) is 10.5. The highest BCUT2D eigenvalue weighted by Crippen LogP contribution is 2.27. The van der Waals surface area contributed by atoms with Gasteiger partial charge < -0.3 is 19.5 Å². The summed E-state index contributed by atoms with van der Waals surface area (Å²) >= 11 is 0. The van der Waals surface area contributed by atoms with Gasteiger partial charge in [0.05, 0.1) is 31.3 Å². The van der Waals surface area contributed by atoms with Crippen molar-refractivity contribution in [1.29, 1.82) is 0 Å². The van der Waals surface area contributed by atoms with E-state index in [4.69, 9.17) is 14.7 Å². The summed E-state index contributed by atoms with van der Waals surface area (Å²) in [5.74, 6) is 1.60. The second kappa shape index (κ2) is 9.66. The van der Waals surface area contributed by atoms with Crippen LogP contribution in [-0.2, 0) is 16.1 Å². The highest BCUT2D eigenvalue weighted by atomic mass is 16.5. The molecule has 4 heterocycles. The normalized spacial score (nSPS) is 14.4. The van der Waals surface area contributed by atoms with Crippen LogP contribution >= 0.6 is 0 Å². The molecule has 0 spiro atoms. The van der Waals surface area contributed by atoms with Crippen LogP contribution in [-0.4, -0.2) is 69.0 Å². The van der Waals surface area contributed by atoms with Gasteiger partial charge in [0.25, 0.3) is 0 Å². The molecule has 160 valence electrons. The number of rotatable bonds is 9. The minimum absolute atomic E-state index is 0.106. The Balaban J connectivity index is 1.51. The van der Waals surface area contributed by atoms with Crippen LogP contribution in [0.25, 0.3) is 22.6 Å². The molecule has 10 nitrogen and oxygen atoms in total. The molecule has 0 unspecified atom stereocenters. The number of hydrogen-bond donors (Lipinski definition) is 2. The van der Waals surface area contributed by atoms with E-state index in [-0.39, 0.29) is 5.91 Å². The second-order valence-electron chi connectivity index (χ2n) is 7.40. The second-order valence-corrected chi connectivity index (χ2v) is 7.40. The van der Waals surface area contributed by atoms with E-state index in [1.54, 1.807) is 19.4 Å². The Bertz CT molecular complexity index is 963. The van der Waals surface area contributed by atoms with Gasteiger partial charge in [0.1, 0.15) is 0 Å². The molecule has 0 saturated carbocycles. The van der Waals surface area contributed by atoms with E-state index >= 15 is 0 Å². The van der Waals surface area contributed by atoms with Crippen molar-refractivity contribution in [2.75, 3.05) is 38.3 Å². The van der Waals surface area contributed by atoms with Crippen molar-refractivity contribution in [2.45, 2.75) is 38.6 Å². The number of aromatic amines is 1. The monoisotopic (exact) mass is 412 g/mol. The lowest BCUT2D eigenvalue weighted by molar-refractivity contribution is -0.120. The Kier molecular flexibility index (Phi) is 6.53. The highest BCUT2D eigenvalue weighted by molar-refractivity contribution is 5.85. The Morgan fingerprint density at radius 3 is 2.80 bits per heavy atom. The number of carbonyl (C=O) groups excluding carboxylic acids is 1. The van der Waals surface area contributed by atoms with Crippen LogP contribution in [0.1, 0.15) is 32.1 Å². The first-order chi connectivity index (χ1) is 14.8. The average molecular weight is 412 g/mol. The molecule has 3 aromatic heterocycles. The Hall–Kier alpha value is -3.01. The minimum atomic E-state index is 0.106. The number of fused-ring (bicyclic) bond motifs is 1. The predicted octanol–water partition coefficient (Wildman–Crippen LogP) is 1.75. The average Bonchev–Trinajstić information content (AvgIpc) is 3.46. The number of amides is 1. The van der Waals surface area contributed by atoms with Crippen LogP contribution < -0.4 is 10.2 Å². The summed E-state index contributed by atoms with van der Waals surface area (Å²) in [6.45, 7) is 3.78. The van der Waals surface area contributed by atoms with Gasteiger partial charge in [-0.05, 0) is 12.8 Å². The number of carbonyl (C=O) groups is 1. The van der Waals surface area contributed by atoms with E-state index in [2.05, 4.69) is 30.0 Å². The van der Waals surface area contributed by atoms with Gasteiger partial charge in [-0.25, -0.2) is 15.0 Å². The van der Waals surface area contributed by atoms with Crippen molar-refractivity contribution in [3.63, 3.8) is 0 Å². The van der Waals surface area contributed by atoms with Crippen LogP contribution in [0.2, 0.25) is 0 Å². The molecular formula is C20H28N8O2. The highest BCUT2D eigenvalue weighted by Gasteiger charge is 2.21. The number of aromatic nitrogens is 6. The van der Waals surface area contributed by atoms with Crippen molar-refractivity contribution < 1.29 is 9.53 Å². The van der Waals surface area contributed by atoms with Gasteiger partial charge in [-0.1, -0.05) is 12.8 Å². The lowest BCUT2D eigenvalue weighted by atomic mass is 10.1. The van der Waals surface area contributed by atoms with Crippen molar-refractivity contribution >= 4 is 22.9 Å². The molecule has 1 fully saturated rings. The largest absolute Gasteiger partial charge is 0.378 e. The quantitative estimate of drug-likeness (QED) is 0.515. The van der Waals surface area contributed by atoms with Gasteiger partial charge in [0.2, 0.25) is 5.91 Å². The predicted molar refractivity (Wildman–Crippen MR) is 113 cm³/mol. The standard InChI is InChI=1S/C20H28N8O2/c1-21-16(29)6-4-2-3-5-7-28-14-22-17-19(27-8-10-30-11-9-27)25-18(26-20(17)28)15-12-23-24-13-15/h12-14H,2-11H2,1H3,(H,21,29)(H,23,24). The zero-order valence-corrected chi connectivity index (χ0v) is 17.3. The maximum Gasteiger partial charge on any atom is 0.219 e.